The standard InChI is InChI=1S/C27H28AsN3O7/c1-15(32)38-19-10-8-18(9-11-19)31-27(35)30-17-6-4-16(5-7-17)12-21(25(28)33)20-13-23(36-2)24(37-3)14-22(20)26(29)34/h4-11,13-14,21H,12,28H2,1-3H3,(H2,29,34)(H2,30,31,35). The van der Waals surface area contributed by atoms with Gasteiger partial charge in [-0.05, 0) is 12.1 Å². The number of carbonyl (C=O) groups is 4. The zero-order chi connectivity index (χ0) is 27.8. The first-order chi connectivity index (χ1) is 18.1. The Labute approximate surface area is 228 Å². The van der Waals surface area contributed by atoms with Gasteiger partial charge in [0.15, 0.2) is 0 Å². The van der Waals surface area contributed by atoms with E-state index in [9.17, 15) is 19.2 Å². The zero-order valence-electron chi connectivity index (χ0n) is 21.1. The van der Waals surface area contributed by atoms with Crippen LogP contribution in [0, 0.1) is 0 Å². The van der Waals surface area contributed by atoms with Gasteiger partial charge in [0.1, 0.15) is 5.75 Å². The summed E-state index contributed by atoms with van der Waals surface area (Å²) in [6.45, 7) is 1.31. The van der Waals surface area contributed by atoms with Crippen LogP contribution in [0.5, 0.6) is 17.2 Å². The van der Waals surface area contributed by atoms with Crippen LogP contribution in [-0.2, 0) is 16.0 Å². The summed E-state index contributed by atoms with van der Waals surface area (Å²) in [6.07, 6.45) is 0.313. The number of carbonyl (C=O) groups excluding carboxylic acids is 4. The van der Waals surface area contributed by atoms with Crippen molar-refractivity contribution in [1.29, 1.82) is 0 Å². The summed E-state index contributed by atoms with van der Waals surface area (Å²) in [5, 5.41) is 5.43. The molecule has 38 heavy (non-hydrogen) atoms. The summed E-state index contributed by atoms with van der Waals surface area (Å²) in [4.78, 5) is 48.2. The van der Waals surface area contributed by atoms with Crippen LogP contribution in [0.4, 0.5) is 16.2 Å². The number of ether oxygens (including phenoxy) is 3. The van der Waals surface area contributed by atoms with Crippen molar-refractivity contribution in [3.05, 3.63) is 77.4 Å². The number of amides is 3. The molecule has 0 radical (unpaired) electrons. The molecule has 0 spiro atoms. The van der Waals surface area contributed by atoms with Gasteiger partial charge in [0.25, 0.3) is 0 Å². The van der Waals surface area contributed by atoms with Crippen LogP contribution in [0.2, 0.25) is 0 Å². The molecule has 3 aromatic rings. The quantitative estimate of drug-likeness (QED) is 0.190. The zero-order valence-corrected chi connectivity index (χ0v) is 23.5. The Bertz CT molecular complexity index is 1340. The van der Waals surface area contributed by atoms with Gasteiger partial charge in [-0.2, -0.15) is 0 Å². The molecular formula is C27H28AsN3O7. The second-order valence-electron chi connectivity index (χ2n) is 8.21. The molecule has 2 unspecified atom stereocenters. The number of anilines is 2. The molecule has 0 aliphatic carbocycles. The van der Waals surface area contributed by atoms with Crippen molar-refractivity contribution in [3.63, 3.8) is 0 Å². The van der Waals surface area contributed by atoms with E-state index in [2.05, 4.69) is 10.6 Å². The minimum absolute atomic E-state index is 0.0893. The third-order valence-corrected chi connectivity index (χ3v) is 6.41. The van der Waals surface area contributed by atoms with Crippen LogP contribution >= 0.6 is 0 Å². The first-order valence-corrected chi connectivity index (χ1v) is 12.6. The fourth-order valence-corrected chi connectivity index (χ4v) is 4.41. The number of methoxy groups -OCH3 is 2. The number of urea groups is 1. The van der Waals surface area contributed by atoms with Crippen LogP contribution in [0.25, 0.3) is 0 Å². The first-order valence-electron chi connectivity index (χ1n) is 11.4. The number of primary amides is 1. The molecular weight excluding hydrogens is 553 g/mol. The van der Waals surface area contributed by atoms with Crippen molar-refractivity contribution in [1.82, 2.24) is 0 Å². The molecule has 0 fully saturated rings. The van der Waals surface area contributed by atoms with Gasteiger partial charge >= 0.3 is 194 Å². The Hall–Kier alpha value is -4.30. The normalized spacial score (nSPS) is 11.2. The van der Waals surface area contributed by atoms with Crippen molar-refractivity contribution in [2.45, 2.75) is 19.3 Å². The van der Waals surface area contributed by atoms with Crippen molar-refractivity contribution < 1.29 is 33.4 Å². The van der Waals surface area contributed by atoms with Crippen LogP contribution in [-0.4, -0.2) is 53.6 Å². The second-order valence-corrected chi connectivity index (χ2v) is 9.41. The molecule has 0 aromatic heterocycles. The molecule has 3 rings (SSSR count). The van der Waals surface area contributed by atoms with Crippen LogP contribution in [0.15, 0.2) is 60.7 Å². The molecule has 0 saturated heterocycles. The molecule has 0 heterocycles. The number of benzene rings is 3. The van der Waals surface area contributed by atoms with Gasteiger partial charge < -0.3 is 4.74 Å². The SMILES string of the molecule is COc1cc(C(N)=O)c(C(Cc2ccc(NC(=O)Nc3ccc(OC(C)=O)cc3)cc2)C(=O)[AsH2])cc1OC. The molecule has 10 nitrogen and oxygen atoms in total. The average Bonchev–Trinajstić information content (AvgIpc) is 2.88. The van der Waals surface area contributed by atoms with E-state index in [1.807, 2.05) is 0 Å². The molecule has 4 N–H and O–H groups in total. The Kier molecular flexibility index (Phi) is 9.51. The Morgan fingerprint density at radius 1 is 0.868 bits per heavy atom. The van der Waals surface area contributed by atoms with Gasteiger partial charge in [0.05, 0.1) is 0 Å². The van der Waals surface area contributed by atoms with Crippen molar-refractivity contribution >= 4 is 50.7 Å². The Morgan fingerprint density at radius 2 is 1.39 bits per heavy atom. The Morgan fingerprint density at radius 3 is 1.87 bits per heavy atom. The van der Waals surface area contributed by atoms with E-state index in [1.165, 1.54) is 27.2 Å². The predicted molar refractivity (Wildman–Crippen MR) is 145 cm³/mol. The summed E-state index contributed by atoms with van der Waals surface area (Å²) in [7, 11) is 2.92. The topological polar surface area (TPSA) is 146 Å². The molecule has 3 aromatic carbocycles. The van der Waals surface area contributed by atoms with Crippen molar-refractivity contribution in [2.75, 3.05) is 24.9 Å². The monoisotopic (exact) mass is 581 g/mol. The second kappa shape index (κ2) is 12.8. The number of nitrogens with one attached hydrogen (secondary N) is 2. The maximum atomic E-state index is 12.7. The molecule has 11 heteroatoms. The van der Waals surface area contributed by atoms with Crippen molar-refractivity contribution in [2.24, 2.45) is 5.73 Å². The molecule has 0 aliphatic rings. The van der Waals surface area contributed by atoms with E-state index < -0.39 is 23.8 Å². The minimum atomic E-state index is -0.675. The van der Waals surface area contributed by atoms with Gasteiger partial charge in [0.2, 0.25) is 0 Å². The first kappa shape index (κ1) is 28.3. The summed E-state index contributed by atoms with van der Waals surface area (Å²) in [6, 6.07) is 16.0. The maximum absolute atomic E-state index is 12.7. The van der Waals surface area contributed by atoms with Crippen LogP contribution < -0.4 is 30.6 Å². The molecule has 0 aliphatic heterocycles. The van der Waals surface area contributed by atoms with Crippen LogP contribution in [0.1, 0.15) is 34.3 Å². The third kappa shape index (κ3) is 7.36. The van der Waals surface area contributed by atoms with E-state index in [0.29, 0.717) is 40.6 Å². The van der Waals surface area contributed by atoms with E-state index >= 15 is 0 Å². The average molecular weight is 581 g/mol. The number of esters is 1. The fraction of sp³-hybridized carbons (Fsp3) is 0.185. The van der Waals surface area contributed by atoms with Crippen molar-refractivity contribution in [3.8, 4) is 17.2 Å². The van der Waals surface area contributed by atoms with Gasteiger partial charge in [0, 0.05) is 6.92 Å². The van der Waals surface area contributed by atoms with Gasteiger partial charge in [-0.15, -0.1) is 0 Å². The molecule has 3 amide bonds. The van der Waals surface area contributed by atoms with Gasteiger partial charge in [-0.1, -0.05) is 0 Å². The molecule has 0 bridgehead atoms. The van der Waals surface area contributed by atoms with Gasteiger partial charge in [-0.25, -0.2) is 0 Å². The summed E-state index contributed by atoms with van der Waals surface area (Å²) >= 11 is 0.919. The predicted octanol–water partition coefficient (Wildman–Crippen LogP) is 2.86. The molecule has 198 valence electrons. The molecule has 2 atom stereocenters. The van der Waals surface area contributed by atoms with E-state index in [-0.39, 0.29) is 10.1 Å². The van der Waals surface area contributed by atoms with E-state index in [0.717, 1.165) is 22.4 Å². The molecule has 0 saturated carbocycles. The van der Waals surface area contributed by atoms with Gasteiger partial charge in [-0.3, -0.25) is 4.79 Å². The summed E-state index contributed by atoms with van der Waals surface area (Å²) in [5.74, 6) is -0.634. The van der Waals surface area contributed by atoms with Crippen LogP contribution in [0.3, 0.4) is 0 Å². The third-order valence-electron chi connectivity index (χ3n) is 5.57. The Balaban J connectivity index is 1.72. The van der Waals surface area contributed by atoms with E-state index in [4.69, 9.17) is 19.9 Å². The summed E-state index contributed by atoms with van der Waals surface area (Å²) < 4.78 is 15.5. The fourth-order valence-electron chi connectivity index (χ4n) is 3.79. The van der Waals surface area contributed by atoms with E-state index in [1.54, 1.807) is 54.6 Å². The number of hydrogen-bond donors (Lipinski definition) is 3. The number of rotatable bonds is 10. The number of hydrogen-bond acceptors (Lipinski definition) is 7. The number of nitrogens with two attached hydrogens (primary N) is 1. The summed E-state index contributed by atoms with van der Waals surface area (Å²) in [5.41, 5.74) is 8.12.